The van der Waals surface area contributed by atoms with E-state index in [1.807, 2.05) is 0 Å². The zero-order valence-corrected chi connectivity index (χ0v) is 36.4. The van der Waals surface area contributed by atoms with Gasteiger partial charge in [-0.2, -0.15) is 0 Å². The van der Waals surface area contributed by atoms with Crippen LogP contribution in [0.25, 0.3) is 0 Å². The number of rotatable bonds is 43. The Balaban J connectivity index is 3.46. The van der Waals surface area contributed by atoms with Crippen LogP contribution in [0.4, 0.5) is 0 Å². The van der Waals surface area contributed by atoms with Gasteiger partial charge in [0.1, 0.15) is 6.10 Å². The molecule has 318 valence electrons. The summed E-state index contributed by atoms with van der Waals surface area (Å²) >= 11 is 0. The normalized spacial score (nSPS) is 13.0. The molecule has 0 aliphatic rings. The molecule has 0 aliphatic heterocycles. The van der Waals surface area contributed by atoms with Gasteiger partial charge in [-0.3, -0.25) is 4.79 Å². The van der Waals surface area contributed by atoms with Crippen molar-refractivity contribution in [2.75, 3.05) is 19.8 Å². The number of carbonyl (C=O) groups is 1. The maximum atomic E-state index is 12.2. The van der Waals surface area contributed by atoms with Crippen LogP contribution >= 0.6 is 0 Å². The second kappa shape index (κ2) is 48.0. The fraction of sp³-hybridized carbons (Fsp3) is 0.745. The van der Waals surface area contributed by atoms with Crippen LogP contribution < -0.4 is 0 Å². The molecule has 0 amide bonds. The van der Waals surface area contributed by atoms with Gasteiger partial charge in [-0.05, 0) is 83.5 Å². The van der Waals surface area contributed by atoms with Gasteiger partial charge in [0.25, 0.3) is 0 Å². The van der Waals surface area contributed by atoms with Gasteiger partial charge in [-0.1, -0.05) is 202 Å². The first-order valence-corrected chi connectivity index (χ1v) is 23.5. The molecular weight excluding hydrogens is 677 g/mol. The molecule has 0 radical (unpaired) electrons. The summed E-state index contributed by atoms with van der Waals surface area (Å²) in [5, 5.41) is 9.63. The van der Waals surface area contributed by atoms with E-state index in [2.05, 4.69) is 86.8 Å². The maximum absolute atomic E-state index is 12.2. The van der Waals surface area contributed by atoms with Gasteiger partial charge in [0.2, 0.25) is 0 Å². The molecule has 0 aromatic rings. The minimum atomic E-state index is -0.545. The van der Waals surface area contributed by atoms with Crippen molar-refractivity contribution in [3.8, 4) is 0 Å². The molecule has 1 unspecified atom stereocenters. The van der Waals surface area contributed by atoms with E-state index in [-0.39, 0.29) is 19.2 Å². The van der Waals surface area contributed by atoms with Crippen molar-refractivity contribution >= 4 is 5.97 Å². The summed E-state index contributed by atoms with van der Waals surface area (Å²) < 4.78 is 11.2. The highest BCUT2D eigenvalue weighted by molar-refractivity contribution is 5.69. The second-order valence-corrected chi connectivity index (χ2v) is 15.4. The first-order chi connectivity index (χ1) is 27.2. The average molecular weight is 767 g/mol. The van der Waals surface area contributed by atoms with Crippen molar-refractivity contribution < 1.29 is 19.4 Å². The lowest BCUT2D eigenvalue weighted by atomic mass is 10.0. The van der Waals surface area contributed by atoms with E-state index in [9.17, 15) is 9.90 Å². The first-order valence-electron chi connectivity index (χ1n) is 23.5. The molecule has 0 rings (SSSR count). The third-order valence-electron chi connectivity index (χ3n) is 10.0. The number of aliphatic hydroxyl groups is 1. The van der Waals surface area contributed by atoms with Crippen molar-refractivity contribution in [2.24, 2.45) is 0 Å². The lowest BCUT2D eigenvalue weighted by Gasteiger charge is -2.16. The molecule has 1 N–H and O–H groups in total. The van der Waals surface area contributed by atoms with Crippen LogP contribution in [0, 0.1) is 0 Å². The van der Waals surface area contributed by atoms with Crippen molar-refractivity contribution in [2.45, 2.75) is 225 Å². The zero-order valence-electron chi connectivity index (χ0n) is 36.4. The van der Waals surface area contributed by atoms with Gasteiger partial charge in [-0.25, -0.2) is 0 Å². The molecule has 55 heavy (non-hydrogen) atoms. The molecular formula is C51H90O4. The standard InChI is InChI=1S/C51H90O4/c1-3-5-7-9-11-13-15-17-19-21-23-25-26-27-28-30-32-34-36-38-40-42-44-46-51(53)55-50(48-52)49-54-47-45-43-41-39-37-35-33-31-29-24-22-20-18-16-14-12-10-8-6-4-2/h6,8,12,14-15,17-18,20-21,23-24,29,50,52H,3-5,7,9-11,13,16,19,22,25-28,30-49H2,1-2H3/b8-6-,14-12-,17-15-,20-18-,23-21-,29-24-. The van der Waals surface area contributed by atoms with Crippen LogP contribution in [-0.2, 0) is 14.3 Å². The fourth-order valence-corrected chi connectivity index (χ4v) is 6.53. The minimum absolute atomic E-state index is 0.180. The lowest BCUT2D eigenvalue weighted by molar-refractivity contribution is -0.154. The molecule has 4 heteroatoms. The average Bonchev–Trinajstić information content (AvgIpc) is 3.19. The fourth-order valence-electron chi connectivity index (χ4n) is 6.53. The Bertz CT molecular complexity index is 942. The summed E-state index contributed by atoms with van der Waals surface area (Å²) in [5.41, 5.74) is 0. The Morgan fingerprint density at radius 2 is 0.818 bits per heavy atom. The number of aliphatic hydroxyl groups excluding tert-OH is 1. The van der Waals surface area contributed by atoms with Crippen LogP contribution in [0.2, 0.25) is 0 Å². The van der Waals surface area contributed by atoms with E-state index in [1.54, 1.807) is 0 Å². The lowest BCUT2D eigenvalue weighted by Crippen LogP contribution is -2.27. The summed E-state index contributed by atoms with van der Waals surface area (Å²) in [4.78, 5) is 12.2. The summed E-state index contributed by atoms with van der Waals surface area (Å²) in [5.74, 6) is -0.208. The van der Waals surface area contributed by atoms with Crippen LogP contribution in [-0.4, -0.2) is 37.0 Å². The molecule has 0 aromatic heterocycles. The van der Waals surface area contributed by atoms with Crippen LogP contribution in [0.3, 0.4) is 0 Å². The number of unbranched alkanes of at least 4 members (excludes halogenated alkanes) is 23. The summed E-state index contributed by atoms with van der Waals surface area (Å²) in [6.45, 7) is 5.21. The maximum Gasteiger partial charge on any atom is 0.306 e. The minimum Gasteiger partial charge on any atom is -0.457 e. The summed E-state index contributed by atoms with van der Waals surface area (Å²) in [6.07, 6.45) is 65.4. The van der Waals surface area contributed by atoms with Gasteiger partial charge in [-0.15, -0.1) is 0 Å². The van der Waals surface area contributed by atoms with Crippen LogP contribution in [0.1, 0.15) is 219 Å². The number of allylic oxidation sites excluding steroid dienone is 12. The molecule has 0 heterocycles. The number of hydrogen-bond acceptors (Lipinski definition) is 4. The molecule has 0 spiro atoms. The van der Waals surface area contributed by atoms with E-state index in [1.165, 1.54) is 141 Å². The SMILES string of the molecule is CC/C=C\C/C=C\C/C=C\C/C=C\CCCCCCCCCOCC(CO)OC(=O)CCCCCCCCCCCCC/C=C\C/C=C\CCCCCCC. The molecule has 4 nitrogen and oxygen atoms in total. The first kappa shape index (κ1) is 52.8. The monoisotopic (exact) mass is 767 g/mol. The molecule has 0 bridgehead atoms. The highest BCUT2D eigenvalue weighted by Crippen LogP contribution is 2.14. The zero-order chi connectivity index (χ0) is 39.8. The van der Waals surface area contributed by atoms with E-state index < -0.39 is 6.10 Å². The highest BCUT2D eigenvalue weighted by atomic mass is 16.6. The van der Waals surface area contributed by atoms with Crippen molar-refractivity contribution in [3.05, 3.63) is 72.9 Å². The predicted molar refractivity (Wildman–Crippen MR) is 242 cm³/mol. The molecule has 0 saturated heterocycles. The molecule has 0 fully saturated rings. The van der Waals surface area contributed by atoms with Gasteiger partial charge in [0.05, 0.1) is 13.2 Å². The third kappa shape index (κ3) is 46.1. The predicted octanol–water partition coefficient (Wildman–Crippen LogP) is 15.8. The van der Waals surface area contributed by atoms with Gasteiger partial charge >= 0.3 is 5.97 Å². The Labute approximate surface area is 342 Å². The van der Waals surface area contributed by atoms with Crippen LogP contribution in [0.15, 0.2) is 72.9 Å². The smallest absolute Gasteiger partial charge is 0.306 e. The Kier molecular flexibility index (Phi) is 46.1. The Morgan fingerprint density at radius 1 is 0.455 bits per heavy atom. The quantitative estimate of drug-likeness (QED) is 0.0381. The van der Waals surface area contributed by atoms with E-state index >= 15 is 0 Å². The van der Waals surface area contributed by atoms with Crippen molar-refractivity contribution in [3.63, 3.8) is 0 Å². The van der Waals surface area contributed by atoms with Crippen molar-refractivity contribution in [1.82, 2.24) is 0 Å². The van der Waals surface area contributed by atoms with Gasteiger partial charge < -0.3 is 14.6 Å². The van der Waals surface area contributed by atoms with E-state index in [4.69, 9.17) is 9.47 Å². The highest BCUT2D eigenvalue weighted by Gasteiger charge is 2.13. The number of carbonyl (C=O) groups excluding carboxylic acids is 1. The summed E-state index contributed by atoms with van der Waals surface area (Å²) in [6, 6.07) is 0. The molecule has 0 saturated carbocycles. The summed E-state index contributed by atoms with van der Waals surface area (Å²) in [7, 11) is 0. The Morgan fingerprint density at radius 3 is 1.24 bits per heavy atom. The van der Waals surface area contributed by atoms with E-state index in [0.717, 1.165) is 57.8 Å². The van der Waals surface area contributed by atoms with Gasteiger partial charge in [0.15, 0.2) is 0 Å². The molecule has 0 aromatic carbocycles. The number of hydrogen-bond donors (Lipinski definition) is 1. The van der Waals surface area contributed by atoms with Crippen molar-refractivity contribution in [1.29, 1.82) is 0 Å². The topological polar surface area (TPSA) is 55.8 Å². The largest absolute Gasteiger partial charge is 0.457 e. The molecule has 1 atom stereocenters. The number of ether oxygens (including phenoxy) is 2. The number of esters is 1. The van der Waals surface area contributed by atoms with E-state index in [0.29, 0.717) is 13.0 Å². The second-order valence-electron chi connectivity index (χ2n) is 15.4. The third-order valence-corrected chi connectivity index (χ3v) is 10.0. The molecule has 0 aliphatic carbocycles. The Hall–Kier alpha value is -2.17. The van der Waals surface area contributed by atoms with Crippen LogP contribution in [0.5, 0.6) is 0 Å². The van der Waals surface area contributed by atoms with Gasteiger partial charge in [0, 0.05) is 13.0 Å².